The Morgan fingerprint density at radius 2 is 1.50 bits per heavy atom. The molecule has 3 N–H and O–H groups in total. The summed E-state index contributed by atoms with van der Waals surface area (Å²) in [6, 6.07) is 5.85. The third-order valence-electron chi connectivity index (χ3n) is 3.88. The minimum Gasteiger partial charge on any atom is -0.473 e. The summed E-state index contributed by atoms with van der Waals surface area (Å²) < 4.78 is 12.8. The smallest absolute Gasteiger partial charge is 0.414 e. The van der Waals surface area contributed by atoms with E-state index in [1.165, 1.54) is 12.1 Å². The van der Waals surface area contributed by atoms with E-state index < -0.39 is 11.9 Å². The van der Waals surface area contributed by atoms with Crippen molar-refractivity contribution in [2.75, 3.05) is 44.6 Å². The van der Waals surface area contributed by atoms with Crippen LogP contribution in [0, 0.1) is 5.82 Å². The highest BCUT2D eigenvalue weighted by Gasteiger charge is 2.16. The predicted molar refractivity (Wildman–Crippen MR) is 93.5 cm³/mol. The number of carboxylic acids is 2. The normalized spacial score (nSPS) is 14.8. The summed E-state index contributed by atoms with van der Waals surface area (Å²) in [5, 5.41) is 17.6. The summed E-state index contributed by atoms with van der Waals surface area (Å²) >= 11 is 0. The molecule has 1 aliphatic rings. The first kappa shape index (κ1) is 21.5. The van der Waals surface area contributed by atoms with Gasteiger partial charge in [0, 0.05) is 44.8 Å². The molecule has 0 atom stereocenters. The number of hydrogen-bond acceptors (Lipinski definition) is 5. The number of rotatable bonds is 5. The van der Waals surface area contributed by atoms with Crippen molar-refractivity contribution in [3.63, 3.8) is 0 Å². The van der Waals surface area contributed by atoms with Crippen LogP contribution in [0.1, 0.15) is 13.3 Å². The first-order valence-corrected chi connectivity index (χ1v) is 8.28. The Morgan fingerprint density at radius 3 is 1.96 bits per heavy atom. The number of carboxylic acid groups (broad SMARTS) is 2. The van der Waals surface area contributed by atoms with E-state index in [2.05, 4.69) is 22.0 Å². The van der Waals surface area contributed by atoms with Crippen LogP contribution in [0.5, 0.6) is 0 Å². The minimum atomic E-state index is -1.82. The van der Waals surface area contributed by atoms with Crippen LogP contribution in [0.3, 0.4) is 0 Å². The molecule has 144 valence electrons. The number of halogens is 1. The van der Waals surface area contributed by atoms with Crippen LogP contribution in [-0.4, -0.2) is 77.1 Å². The van der Waals surface area contributed by atoms with Crippen LogP contribution < -0.4 is 5.32 Å². The van der Waals surface area contributed by atoms with Crippen molar-refractivity contribution in [1.29, 1.82) is 0 Å². The lowest BCUT2D eigenvalue weighted by atomic mass is 10.2. The number of carbonyl (C=O) groups is 3. The van der Waals surface area contributed by atoms with E-state index in [9.17, 15) is 9.18 Å². The highest BCUT2D eigenvalue weighted by atomic mass is 19.1. The number of piperazine rings is 1. The maximum absolute atomic E-state index is 12.8. The molecule has 1 fully saturated rings. The van der Waals surface area contributed by atoms with Gasteiger partial charge in [-0.3, -0.25) is 4.79 Å². The van der Waals surface area contributed by atoms with E-state index in [1.54, 1.807) is 12.1 Å². The van der Waals surface area contributed by atoms with Crippen molar-refractivity contribution in [3.05, 3.63) is 30.1 Å². The molecule has 1 aliphatic heterocycles. The van der Waals surface area contributed by atoms with Crippen molar-refractivity contribution in [1.82, 2.24) is 9.80 Å². The fourth-order valence-corrected chi connectivity index (χ4v) is 2.35. The molecular weight excluding hydrogens is 345 g/mol. The van der Waals surface area contributed by atoms with Gasteiger partial charge in [0.2, 0.25) is 5.91 Å². The van der Waals surface area contributed by atoms with Crippen molar-refractivity contribution >= 4 is 23.5 Å². The lowest BCUT2D eigenvalue weighted by Gasteiger charge is -2.33. The van der Waals surface area contributed by atoms with E-state index in [4.69, 9.17) is 19.8 Å². The zero-order valence-corrected chi connectivity index (χ0v) is 14.7. The van der Waals surface area contributed by atoms with Gasteiger partial charge >= 0.3 is 11.9 Å². The van der Waals surface area contributed by atoms with Crippen molar-refractivity contribution in [2.24, 2.45) is 0 Å². The molecule has 8 nitrogen and oxygen atoms in total. The quantitative estimate of drug-likeness (QED) is 0.663. The molecule has 1 amide bonds. The fourth-order valence-electron chi connectivity index (χ4n) is 2.35. The largest absolute Gasteiger partial charge is 0.473 e. The number of carbonyl (C=O) groups excluding carboxylic acids is 1. The molecule has 0 spiro atoms. The summed E-state index contributed by atoms with van der Waals surface area (Å²) in [6.45, 7) is 8.26. The molecule has 9 heteroatoms. The Morgan fingerprint density at radius 1 is 1.00 bits per heavy atom. The van der Waals surface area contributed by atoms with E-state index in [0.29, 0.717) is 12.1 Å². The van der Waals surface area contributed by atoms with Gasteiger partial charge < -0.3 is 25.3 Å². The fraction of sp³-hybridized carbons (Fsp3) is 0.471. The average Bonchev–Trinajstić information content (AvgIpc) is 2.63. The second-order valence-corrected chi connectivity index (χ2v) is 5.69. The van der Waals surface area contributed by atoms with Crippen LogP contribution in [0.4, 0.5) is 10.1 Å². The third kappa shape index (κ3) is 8.54. The summed E-state index contributed by atoms with van der Waals surface area (Å²) in [6.07, 6.45) is 0.476. The van der Waals surface area contributed by atoms with Crippen LogP contribution in [0.2, 0.25) is 0 Å². The SMILES string of the molecule is CCN1CCN(CCC(=O)Nc2ccc(F)cc2)CC1.O=C(O)C(=O)O. The van der Waals surface area contributed by atoms with Crippen LogP contribution in [0.15, 0.2) is 24.3 Å². The lowest BCUT2D eigenvalue weighted by Crippen LogP contribution is -2.46. The topological polar surface area (TPSA) is 110 Å². The first-order chi connectivity index (χ1) is 12.3. The van der Waals surface area contributed by atoms with E-state index in [0.717, 1.165) is 39.3 Å². The van der Waals surface area contributed by atoms with E-state index >= 15 is 0 Å². The number of likely N-dealkylation sites (N-methyl/N-ethyl adjacent to an activating group) is 1. The second kappa shape index (κ2) is 11.2. The Balaban J connectivity index is 0.000000487. The van der Waals surface area contributed by atoms with Crippen LogP contribution in [-0.2, 0) is 14.4 Å². The number of anilines is 1. The number of benzene rings is 1. The van der Waals surface area contributed by atoms with Gasteiger partial charge in [0.1, 0.15) is 5.82 Å². The maximum Gasteiger partial charge on any atom is 0.414 e. The van der Waals surface area contributed by atoms with Crippen LogP contribution in [0.25, 0.3) is 0 Å². The Bertz CT molecular complexity index is 589. The summed E-state index contributed by atoms with van der Waals surface area (Å²) in [4.78, 5) is 34.7. The van der Waals surface area contributed by atoms with E-state index in [-0.39, 0.29) is 11.7 Å². The highest BCUT2D eigenvalue weighted by Crippen LogP contribution is 2.09. The first-order valence-electron chi connectivity index (χ1n) is 8.28. The average molecular weight is 369 g/mol. The molecule has 2 rings (SSSR count). The number of nitrogens with zero attached hydrogens (tertiary/aromatic N) is 2. The van der Waals surface area contributed by atoms with Crippen molar-refractivity contribution in [2.45, 2.75) is 13.3 Å². The van der Waals surface area contributed by atoms with Gasteiger partial charge in [-0.15, -0.1) is 0 Å². The molecule has 0 saturated carbocycles. The molecule has 0 aliphatic carbocycles. The van der Waals surface area contributed by atoms with Gasteiger partial charge in [-0.25, -0.2) is 14.0 Å². The molecule has 0 radical (unpaired) electrons. The zero-order valence-electron chi connectivity index (χ0n) is 14.7. The standard InChI is InChI=1S/C15H22FN3O.C2H2O4/c1-2-18-9-11-19(12-10-18)8-7-15(20)17-14-5-3-13(16)4-6-14;3-1(4)2(5)6/h3-6H,2,7-12H2,1H3,(H,17,20);(H,3,4)(H,5,6). The summed E-state index contributed by atoms with van der Waals surface area (Å²) in [5.74, 6) is -3.96. The number of hydrogen-bond donors (Lipinski definition) is 3. The number of nitrogens with one attached hydrogen (secondary N) is 1. The van der Waals surface area contributed by atoms with Crippen molar-refractivity contribution in [3.8, 4) is 0 Å². The Hall–Kier alpha value is -2.52. The molecule has 26 heavy (non-hydrogen) atoms. The Labute approximate surface area is 151 Å². The maximum atomic E-state index is 12.8. The van der Waals surface area contributed by atoms with Gasteiger partial charge in [0.15, 0.2) is 0 Å². The zero-order chi connectivity index (χ0) is 19.5. The minimum absolute atomic E-state index is 0.0190. The van der Waals surface area contributed by atoms with Gasteiger partial charge in [-0.05, 0) is 30.8 Å². The number of aliphatic carboxylic acids is 2. The molecule has 0 unspecified atom stereocenters. The second-order valence-electron chi connectivity index (χ2n) is 5.69. The number of amides is 1. The van der Waals surface area contributed by atoms with Gasteiger partial charge in [-0.2, -0.15) is 0 Å². The van der Waals surface area contributed by atoms with Gasteiger partial charge in [0.25, 0.3) is 0 Å². The molecule has 0 bridgehead atoms. The monoisotopic (exact) mass is 369 g/mol. The summed E-state index contributed by atoms with van der Waals surface area (Å²) in [5.41, 5.74) is 0.646. The Kier molecular flexibility index (Phi) is 9.24. The van der Waals surface area contributed by atoms with Gasteiger partial charge in [-0.1, -0.05) is 6.92 Å². The molecule has 1 heterocycles. The lowest BCUT2D eigenvalue weighted by molar-refractivity contribution is -0.159. The van der Waals surface area contributed by atoms with Crippen LogP contribution >= 0.6 is 0 Å². The molecule has 0 aromatic heterocycles. The molecule has 1 aromatic rings. The highest BCUT2D eigenvalue weighted by molar-refractivity contribution is 6.27. The van der Waals surface area contributed by atoms with E-state index in [1.807, 2.05) is 0 Å². The third-order valence-corrected chi connectivity index (χ3v) is 3.88. The van der Waals surface area contributed by atoms with Gasteiger partial charge in [0.05, 0.1) is 0 Å². The van der Waals surface area contributed by atoms with Crippen molar-refractivity contribution < 1.29 is 29.0 Å². The molecule has 1 saturated heterocycles. The molecular formula is C17H24FN3O5. The predicted octanol–water partition coefficient (Wildman–Crippen LogP) is 0.947. The molecule has 1 aromatic carbocycles. The summed E-state index contributed by atoms with van der Waals surface area (Å²) in [7, 11) is 0.